The van der Waals surface area contributed by atoms with Gasteiger partial charge in [0.05, 0.1) is 5.56 Å². The highest BCUT2D eigenvalue weighted by molar-refractivity contribution is 6.04. The third-order valence-corrected chi connectivity index (χ3v) is 6.73. The maximum Gasteiger partial charge on any atom is 0.339 e. The number of ether oxygens (including phenoxy) is 1. The predicted octanol–water partition coefficient (Wildman–Crippen LogP) is 6.03. The lowest BCUT2D eigenvalue weighted by Crippen LogP contribution is -2.28. The van der Waals surface area contributed by atoms with Gasteiger partial charge in [0.1, 0.15) is 11.4 Å². The maximum absolute atomic E-state index is 13.3. The molecule has 4 aromatic rings. The Morgan fingerprint density at radius 3 is 2.52 bits per heavy atom. The molecule has 3 nitrogen and oxygen atoms in total. The lowest BCUT2D eigenvalue weighted by Gasteiger charge is -2.30. The predicted molar refractivity (Wildman–Crippen MR) is 113 cm³/mol. The summed E-state index contributed by atoms with van der Waals surface area (Å²) in [5.41, 5.74) is 1.91. The van der Waals surface area contributed by atoms with Gasteiger partial charge in [-0.15, -0.1) is 0 Å². The minimum atomic E-state index is -0.643. The van der Waals surface area contributed by atoms with Gasteiger partial charge in [0.25, 0.3) is 0 Å². The van der Waals surface area contributed by atoms with Crippen molar-refractivity contribution < 1.29 is 14.6 Å². The zero-order valence-electron chi connectivity index (χ0n) is 15.9. The van der Waals surface area contributed by atoms with Gasteiger partial charge in [0.2, 0.25) is 0 Å². The number of rotatable bonds is 2. The smallest absolute Gasteiger partial charge is 0.339 e. The number of aromatic hydroxyl groups is 1. The molecule has 1 fully saturated rings. The zero-order chi connectivity index (χ0) is 19.6. The number of carbonyl (C=O) groups excluding carboxylic acids is 1. The van der Waals surface area contributed by atoms with Crippen molar-refractivity contribution in [3.63, 3.8) is 0 Å². The number of hydrogen-bond donors (Lipinski definition) is 1. The summed E-state index contributed by atoms with van der Waals surface area (Å²) < 4.78 is 6.26. The molecule has 0 aliphatic heterocycles. The van der Waals surface area contributed by atoms with Crippen molar-refractivity contribution in [2.24, 2.45) is 0 Å². The second-order valence-corrected chi connectivity index (χ2v) is 8.26. The summed E-state index contributed by atoms with van der Waals surface area (Å²) in [7, 11) is 0. The van der Waals surface area contributed by atoms with Crippen molar-refractivity contribution in [3.05, 3.63) is 89.5 Å². The van der Waals surface area contributed by atoms with Gasteiger partial charge in [-0.05, 0) is 53.5 Å². The van der Waals surface area contributed by atoms with E-state index in [0.29, 0.717) is 11.3 Å². The van der Waals surface area contributed by atoms with Crippen LogP contribution in [0.2, 0.25) is 0 Å². The van der Waals surface area contributed by atoms with Crippen LogP contribution in [-0.4, -0.2) is 11.1 Å². The van der Waals surface area contributed by atoms with Crippen LogP contribution in [0.25, 0.3) is 21.5 Å². The van der Waals surface area contributed by atoms with Crippen LogP contribution in [0.4, 0.5) is 0 Å². The molecule has 2 atom stereocenters. The third kappa shape index (κ3) is 2.27. The Morgan fingerprint density at radius 1 is 0.931 bits per heavy atom. The van der Waals surface area contributed by atoms with Crippen molar-refractivity contribution in [2.75, 3.05) is 0 Å². The summed E-state index contributed by atoms with van der Waals surface area (Å²) in [4.78, 5) is 13.3. The molecule has 0 spiro atoms. The first-order chi connectivity index (χ1) is 14.2. The molecule has 2 aliphatic rings. The van der Waals surface area contributed by atoms with Crippen LogP contribution in [0.3, 0.4) is 0 Å². The molecule has 0 aromatic heterocycles. The number of benzene rings is 4. The van der Waals surface area contributed by atoms with E-state index in [1.165, 1.54) is 0 Å². The number of esters is 1. The van der Waals surface area contributed by atoms with Crippen LogP contribution >= 0.6 is 0 Å². The fourth-order valence-electron chi connectivity index (χ4n) is 5.42. The maximum atomic E-state index is 13.3. The first-order valence-corrected chi connectivity index (χ1v) is 10.1. The average Bonchev–Trinajstić information content (AvgIpc) is 3.30. The largest absolute Gasteiger partial charge is 0.507 e. The standard InChI is InChI=1S/C26H20O3/c27-24-20-10-4-2-7-17(20)14-22-23(24)18-12-13-26(22,15-18)29-25(28)21-11-5-8-16-6-1-3-9-19(16)21/h1-11,14,18,27H,12-13,15H2. The van der Waals surface area contributed by atoms with E-state index in [1.807, 2.05) is 66.7 Å². The summed E-state index contributed by atoms with van der Waals surface area (Å²) >= 11 is 0. The van der Waals surface area contributed by atoms with Gasteiger partial charge in [-0.1, -0.05) is 60.7 Å². The molecule has 1 N–H and O–H groups in total. The number of phenolic OH excluding ortho intramolecular Hbond substituents is 1. The van der Waals surface area contributed by atoms with Gasteiger partial charge in [-0.25, -0.2) is 4.79 Å². The summed E-state index contributed by atoms with van der Waals surface area (Å²) in [5, 5.41) is 14.7. The Hall–Kier alpha value is -3.33. The van der Waals surface area contributed by atoms with E-state index in [0.717, 1.165) is 51.9 Å². The minimum Gasteiger partial charge on any atom is -0.507 e. The molecule has 2 bridgehead atoms. The van der Waals surface area contributed by atoms with Crippen molar-refractivity contribution in [2.45, 2.75) is 30.8 Å². The molecule has 0 radical (unpaired) electrons. The summed E-state index contributed by atoms with van der Waals surface area (Å²) in [6.07, 6.45) is 2.49. The quantitative estimate of drug-likeness (QED) is 0.432. The molecular weight excluding hydrogens is 360 g/mol. The molecule has 6 rings (SSSR count). The summed E-state index contributed by atoms with van der Waals surface area (Å²) in [5.74, 6) is 0.309. The van der Waals surface area contributed by atoms with E-state index in [9.17, 15) is 9.90 Å². The Labute approximate surface area is 168 Å². The minimum absolute atomic E-state index is 0.245. The molecule has 0 amide bonds. The van der Waals surface area contributed by atoms with Crippen LogP contribution in [0.15, 0.2) is 72.8 Å². The van der Waals surface area contributed by atoms with E-state index in [-0.39, 0.29) is 11.9 Å². The zero-order valence-corrected chi connectivity index (χ0v) is 15.9. The van der Waals surface area contributed by atoms with Crippen molar-refractivity contribution >= 4 is 27.5 Å². The molecular formula is C26H20O3. The number of phenols is 1. The van der Waals surface area contributed by atoms with Crippen molar-refractivity contribution in [1.82, 2.24) is 0 Å². The molecule has 142 valence electrons. The SMILES string of the molecule is O=C(OC12CCC(C1)c1c2cc2ccccc2c1O)c1cccc2ccccc12. The topological polar surface area (TPSA) is 46.5 Å². The van der Waals surface area contributed by atoms with Gasteiger partial charge in [-0.3, -0.25) is 0 Å². The van der Waals surface area contributed by atoms with Gasteiger partial charge in [0, 0.05) is 16.5 Å². The fourth-order valence-corrected chi connectivity index (χ4v) is 5.42. The normalized spacial score (nSPS) is 22.1. The molecule has 4 aromatic carbocycles. The second kappa shape index (κ2) is 5.84. The lowest BCUT2D eigenvalue weighted by atomic mass is 9.86. The van der Waals surface area contributed by atoms with Crippen LogP contribution in [0.5, 0.6) is 5.75 Å². The molecule has 2 unspecified atom stereocenters. The Balaban J connectivity index is 1.47. The Morgan fingerprint density at radius 2 is 1.66 bits per heavy atom. The monoisotopic (exact) mass is 380 g/mol. The highest BCUT2D eigenvalue weighted by Gasteiger charge is 2.53. The Bertz CT molecular complexity index is 1300. The molecule has 1 saturated carbocycles. The van der Waals surface area contributed by atoms with E-state index >= 15 is 0 Å². The van der Waals surface area contributed by atoms with Crippen molar-refractivity contribution in [1.29, 1.82) is 0 Å². The Kier molecular flexibility index (Phi) is 3.34. The number of carbonyl (C=O) groups is 1. The van der Waals surface area contributed by atoms with Crippen LogP contribution in [0, 0.1) is 0 Å². The first kappa shape index (κ1) is 16.6. The molecule has 0 saturated heterocycles. The van der Waals surface area contributed by atoms with Crippen LogP contribution in [-0.2, 0) is 10.3 Å². The van der Waals surface area contributed by atoms with Crippen molar-refractivity contribution in [3.8, 4) is 5.75 Å². The summed E-state index contributed by atoms with van der Waals surface area (Å²) in [6.45, 7) is 0. The molecule has 3 heteroatoms. The van der Waals surface area contributed by atoms with Gasteiger partial charge in [-0.2, -0.15) is 0 Å². The molecule has 29 heavy (non-hydrogen) atoms. The van der Waals surface area contributed by atoms with Crippen LogP contribution < -0.4 is 0 Å². The molecule has 2 aliphatic carbocycles. The lowest BCUT2D eigenvalue weighted by molar-refractivity contribution is -0.0156. The highest BCUT2D eigenvalue weighted by Crippen LogP contribution is 2.61. The number of hydrogen-bond acceptors (Lipinski definition) is 3. The summed E-state index contributed by atoms with van der Waals surface area (Å²) in [6, 6.07) is 23.6. The van der Waals surface area contributed by atoms with E-state index < -0.39 is 5.60 Å². The van der Waals surface area contributed by atoms with Gasteiger partial charge >= 0.3 is 5.97 Å². The third-order valence-electron chi connectivity index (χ3n) is 6.73. The molecule has 0 heterocycles. The second-order valence-electron chi connectivity index (χ2n) is 8.26. The van der Waals surface area contributed by atoms with E-state index in [2.05, 4.69) is 6.07 Å². The fraction of sp³-hybridized carbons (Fsp3) is 0.192. The van der Waals surface area contributed by atoms with Crippen LogP contribution in [0.1, 0.15) is 46.7 Å². The van der Waals surface area contributed by atoms with Gasteiger partial charge < -0.3 is 9.84 Å². The first-order valence-electron chi connectivity index (χ1n) is 10.1. The average molecular weight is 380 g/mol. The number of fused-ring (bicyclic) bond motifs is 7. The highest BCUT2D eigenvalue weighted by atomic mass is 16.6. The van der Waals surface area contributed by atoms with Gasteiger partial charge in [0.15, 0.2) is 0 Å². The van der Waals surface area contributed by atoms with E-state index in [1.54, 1.807) is 0 Å². The van der Waals surface area contributed by atoms with E-state index in [4.69, 9.17) is 4.74 Å².